The molecule has 1 unspecified atom stereocenters. The van der Waals surface area contributed by atoms with Gasteiger partial charge in [0.05, 0.1) is 16.6 Å². The summed E-state index contributed by atoms with van der Waals surface area (Å²) in [5.41, 5.74) is -2.61. The molecule has 6 nitrogen and oxygen atoms in total. The second-order valence-corrected chi connectivity index (χ2v) is 8.62. The number of alkyl halides is 3. The number of carbonyl (C=O) groups excluding carboxylic acids is 1. The quantitative estimate of drug-likeness (QED) is 0.407. The zero-order valence-corrected chi connectivity index (χ0v) is 19.8. The van der Waals surface area contributed by atoms with E-state index < -0.39 is 47.1 Å². The maximum atomic E-state index is 14.0. The molecule has 11 heteroatoms. The van der Waals surface area contributed by atoms with Crippen molar-refractivity contribution < 1.29 is 31.5 Å². The second-order valence-electron chi connectivity index (χ2n) is 8.62. The van der Waals surface area contributed by atoms with Gasteiger partial charge in [0.1, 0.15) is 18.2 Å². The maximum absolute atomic E-state index is 14.0. The summed E-state index contributed by atoms with van der Waals surface area (Å²) in [4.78, 5) is 13.0. The van der Waals surface area contributed by atoms with Gasteiger partial charge in [0.2, 0.25) is 5.88 Å². The van der Waals surface area contributed by atoms with Crippen LogP contribution in [0.3, 0.4) is 0 Å². The lowest BCUT2D eigenvalue weighted by Gasteiger charge is -2.29. The van der Waals surface area contributed by atoms with Crippen LogP contribution < -0.4 is 15.4 Å². The largest absolute Gasteiger partial charge is 0.473 e. The topological polar surface area (TPSA) is 67.7 Å². The Kier molecular flexibility index (Phi) is 7.68. The molecule has 0 fully saturated rings. The third-order valence-corrected chi connectivity index (χ3v) is 5.81. The van der Waals surface area contributed by atoms with E-state index >= 15 is 0 Å². The van der Waals surface area contributed by atoms with E-state index in [1.165, 1.54) is 18.2 Å². The van der Waals surface area contributed by atoms with Crippen LogP contribution in [-0.4, -0.2) is 34.7 Å². The Hall–Kier alpha value is -3.21. The molecule has 0 aliphatic heterocycles. The summed E-state index contributed by atoms with van der Waals surface area (Å²) in [6.45, 7) is 4.92. The number of ether oxygens (including phenoxy) is 1. The smallest absolute Gasteiger partial charge is 0.436 e. The number of nitrogens with one attached hydrogen (secondary N) is 2. The number of aryl methyl sites for hydroxylation is 1. The van der Waals surface area contributed by atoms with Crippen molar-refractivity contribution in [2.24, 2.45) is 0 Å². The number of nitrogens with zero attached hydrogens (tertiary/aromatic N) is 2. The van der Waals surface area contributed by atoms with Crippen LogP contribution in [0.15, 0.2) is 30.3 Å². The molecule has 1 atom stereocenters. The zero-order valence-electron chi connectivity index (χ0n) is 19.8. The lowest BCUT2D eigenvalue weighted by Crippen LogP contribution is -2.49. The molecule has 0 radical (unpaired) electrons. The summed E-state index contributed by atoms with van der Waals surface area (Å²) in [5, 5.41) is 9.27. The SMILES string of the molecule is CCCC(C)(CNC(=O)c1c(C(F)(F)F)nn2c(OCc3c(F)cccc3F)cc(C)cc12)NC. The third kappa shape index (κ3) is 5.72. The Morgan fingerprint density at radius 2 is 1.83 bits per heavy atom. The van der Waals surface area contributed by atoms with Gasteiger partial charge in [-0.2, -0.15) is 22.8 Å². The number of pyridine rings is 1. The van der Waals surface area contributed by atoms with Crippen molar-refractivity contribution >= 4 is 11.4 Å². The predicted molar refractivity (Wildman–Crippen MR) is 120 cm³/mol. The minimum absolute atomic E-state index is 0.0898. The fourth-order valence-corrected chi connectivity index (χ4v) is 3.80. The van der Waals surface area contributed by atoms with Gasteiger partial charge < -0.3 is 15.4 Å². The summed E-state index contributed by atoms with van der Waals surface area (Å²) in [6, 6.07) is 6.02. The Bertz CT molecular complexity index is 1200. The van der Waals surface area contributed by atoms with Crippen LogP contribution in [0.5, 0.6) is 5.88 Å². The van der Waals surface area contributed by atoms with Gasteiger partial charge >= 0.3 is 6.18 Å². The molecule has 3 rings (SSSR count). The molecule has 2 aromatic heterocycles. The summed E-state index contributed by atoms with van der Waals surface area (Å²) in [5.74, 6) is -2.85. The van der Waals surface area contributed by atoms with Gasteiger partial charge in [0.15, 0.2) is 5.69 Å². The summed E-state index contributed by atoms with van der Waals surface area (Å²) >= 11 is 0. The van der Waals surface area contributed by atoms with Gasteiger partial charge in [-0.3, -0.25) is 4.79 Å². The van der Waals surface area contributed by atoms with Crippen LogP contribution in [0.4, 0.5) is 22.0 Å². The van der Waals surface area contributed by atoms with Crippen molar-refractivity contribution in [3.05, 3.63) is 64.4 Å². The lowest BCUT2D eigenvalue weighted by molar-refractivity contribution is -0.141. The number of likely N-dealkylation sites (N-methyl/N-ethyl adjacent to an activating group) is 1. The molecule has 0 spiro atoms. The summed E-state index contributed by atoms with van der Waals surface area (Å²) in [7, 11) is 1.71. The first kappa shape index (κ1) is 26.4. The average molecular weight is 498 g/mol. The normalized spacial score (nSPS) is 13.6. The number of hydrogen-bond acceptors (Lipinski definition) is 4. The molecule has 0 saturated heterocycles. The van der Waals surface area contributed by atoms with Gasteiger partial charge in [0.25, 0.3) is 5.91 Å². The number of amides is 1. The second kappa shape index (κ2) is 10.2. The molecule has 0 bridgehead atoms. The van der Waals surface area contributed by atoms with Crippen LogP contribution in [0.2, 0.25) is 0 Å². The van der Waals surface area contributed by atoms with Crippen molar-refractivity contribution in [1.82, 2.24) is 20.2 Å². The average Bonchev–Trinajstić information content (AvgIpc) is 3.17. The molecule has 190 valence electrons. The number of halogens is 5. The third-order valence-electron chi connectivity index (χ3n) is 5.81. The highest BCUT2D eigenvalue weighted by atomic mass is 19.4. The van der Waals surface area contributed by atoms with E-state index in [1.807, 2.05) is 13.8 Å². The van der Waals surface area contributed by atoms with E-state index in [4.69, 9.17) is 4.74 Å². The van der Waals surface area contributed by atoms with Gasteiger partial charge in [-0.25, -0.2) is 8.78 Å². The van der Waals surface area contributed by atoms with Crippen molar-refractivity contribution in [1.29, 1.82) is 0 Å². The predicted octanol–water partition coefficient (Wildman–Crippen LogP) is 5.03. The molecule has 3 aromatic rings. The van der Waals surface area contributed by atoms with Crippen molar-refractivity contribution in [3.63, 3.8) is 0 Å². The lowest BCUT2D eigenvalue weighted by atomic mass is 9.96. The Morgan fingerprint density at radius 3 is 2.40 bits per heavy atom. The molecule has 1 amide bonds. The molecule has 2 N–H and O–H groups in total. The summed E-state index contributed by atoms with van der Waals surface area (Å²) < 4.78 is 76.0. The molecule has 0 aliphatic rings. The number of aromatic nitrogens is 2. The van der Waals surface area contributed by atoms with E-state index in [9.17, 15) is 26.7 Å². The highest BCUT2D eigenvalue weighted by molar-refractivity contribution is 6.02. The number of carbonyl (C=O) groups is 1. The molecular weight excluding hydrogens is 471 g/mol. The number of hydrogen-bond donors (Lipinski definition) is 2. The number of rotatable bonds is 9. The van der Waals surface area contributed by atoms with E-state index in [1.54, 1.807) is 14.0 Å². The first-order valence-corrected chi connectivity index (χ1v) is 11.0. The van der Waals surface area contributed by atoms with Crippen molar-refractivity contribution in [2.75, 3.05) is 13.6 Å². The highest BCUT2D eigenvalue weighted by Crippen LogP contribution is 2.35. The molecule has 2 heterocycles. The minimum atomic E-state index is -4.93. The molecule has 35 heavy (non-hydrogen) atoms. The van der Waals surface area contributed by atoms with E-state index in [2.05, 4.69) is 15.7 Å². The Labute approximate surface area is 199 Å². The minimum Gasteiger partial charge on any atom is -0.473 e. The van der Waals surface area contributed by atoms with Crippen LogP contribution in [0.25, 0.3) is 5.52 Å². The Balaban J connectivity index is 2.03. The highest BCUT2D eigenvalue weighted by Gasteiger charge is 2.41. The van der Waals surface area contributed by atoms with Gasteiger partial charge in [-0.1, -0.05) is 19.4 Å². The van der Waals surface area contributed by atoms with E-state index in [0.717, 1.165) is 23.1 Å². The van der Waals surface area contributed by atoms with Crippen molar-refractivity contribution in [2.45, 2.75) is 51.9 Å². The van der Waals surface area contributed by atoms with Crippen LogP contribution in [-0.2, 0) is 12.8 Å². The van der Waals surface area contributed by atoms with Gasteiger partial charge in [-0.05, 0) is 51.1 Å². The van der Waals surface area contributed by atoms with Crippen LogP contribution >= 0.6 is 0 Å². The summed E-state index contributed by atoms with van der Waals surface area (Å²) in [6.07, 6.45) is -3.44. The fraction of sp³-hybridized carbons (Fsp3) is 0.417. The van der Waals surface area contributed by atoms with Crippen molar-refractivity contribution in [3.8, 4) is 5.88 Å². The molecule has 1 aromatic carbocycles. The number of benzene rings is 1. The van der Waals surface area contributed by atoms with E-state index in [0.29, 0.717) is 12.0 Å². The molecule has 0 saturated carbocycles. The van der Waals surface area contributed by atoms with Crippen LogP contribution in [0, 0.1) is 18.6 Å². The maximum Gasteiger partial charge on any atom is 0.436 e. The zero-order chi connectivity index (χ0) is 26.0. The molecule has 0 aliphatic carbocycles. The van der Waals surface area contributed by atoms with Crippen LogP contribution in [0.1, 0.15) is 53.9 Å². The Morgan fingerprint density at radius 1 is 1.17 bits per heavy atom. The number of fused-ring (bicyclic) bond motifs is 1. The first-order valence-electron chi connectivity index (χ1n) is 11.0. The molecular formula is C24H27F5N4O2. The van der Waals surface area contributed by atoms with E-state index in [-0.39, 0.29) is 23.5 Å². The monoisotopic (exact) mass is 498 g/mol. The van der Waals surface area contributed by atoms with Gasteiger partial charge in [-0.15, -0.1) is 0 Å². The van der Waals surface area contributed by atoms with Gasteiger partial charge in [0, 0.05) is 18.2 Å². The standard InChI is InChI=1S/C24H27F5N4O2/c1-5-9-23(3,30-4)13-31-22(34)20-18-10-14(2)11-19(33(18)32-21(20)24(27,28)29)35-12-15-16(25)7-6-8-17(15)26/h6-8,10-11,30H,5,9,12-13H2,1-4H3,(H,31,34). The first-order chi connectivity index (χ1) is 16.4. The fourth-order valence-electron chi connectivity index (χ4n) is 3.80.